The Balaban J connectivity index is 1.72. The molecule has 0 amide bonds. The third-order valence-electron chi connectivity index (χ3n) is 7.05. The molecule has 2 aliphatic heterocycles. The molecule has 4 nitrogen and oxygen atoms in total. The highest BCUT2D eigenvalue weighted by atomic mass is 16.6. The summed E-state index contributed by atoms with van der Waals surface area (Å²) in [6.45, 7) is 8.44. The van der Waals surface area contributed by atoms with E-state index in [4.69, 9.17) is 4.84 Å². The maximum absolute atomic E-state index is 14.2. The van der Waals surface area contributed by atoms with Crippen molar-refractivity contribution in [2.75, 3.05) is 13.1 Å². The van der Waals surface area contributed by atoms with Gasteiger partial charge >= 0.3 is 0 Å². The van der Waals surface area contributed by atoms with Crippen molar-refractivity contribution in [1.82, 2.24) is 4.90 Å². The zero-order chi connectivity index (χ0) is 20.5. The van der Waals surface area contributed by atoms with Crippen LogP contribution in [-0.2, 0) is 16.1 Å². The van der Waals surface area contributed by atoms with Crippen molar-refractivity contribution in [3.63, 3.8) is 0 Å². The zero-order valence-corrected chi connectivity index (χ0v) is 17.9. The lowest BCUT2D eigenvalue weighted by atomic mass is 9.72. The minimum atomic E-state index is -0.489. The summed E-state index contributed by atoms with van der Waals surface area (Å²) in [6, 6.07) is 8.50. The Morgan fingerprint density at radius 3 is 2.69 bits per heavy atom. The van der Waals surface area contributed by atoms with Crippen LogP contribution in [-0.4, -0.2) is 35.5 Å². The summed E-state index contributed by atoms with van der Waals surface area (Å²) in [5, 5.41) is 4.00. The first-order valence-corrected chi connectivity index (χ1v) is 11.0. The average molecular weight is 393 g/mol. The molecule has 0 radical (unpaired) electrons. The number of hydrogen-bond acceptors (Lipinski definition) is 4. The van der Waals surface area contributed by atoms with Gasteiger partial charge in [0.2, 0.25) is 0 Å². The van der Waals surface area contributed by atoms with Gasteiger partial charge in [0.15, 0.2) is 5.78 Å². The molecular formula is C25H32N2O2. The lowest BCUT2D eigenvalue weighted by molar-refractivity contribution is -0.129. The molecule has 0 saturated carbocycles. The van der Waals surface area contributed by atoms with Gasteiger partial charge in [0.1, 0.15) is 5.76 Å². The van der Waals surface area contributed by atoms with E-state index in [-0.39, 0.29) is 11.2 Å². The van der Waals surface area contributed by atoms with Crippen LogP contribution in [0.5, 0.6) is 0 Å². The molecule has 1 aliphatic carbocycles. The number of fused-ring (bicyclic) bond motifs is 1. The van der Waals surface area contributed by atoms with Crippen LogP contribution >= 0.6 is 0 Å². The van der Waals surface area contributed by atoms with Gasteiger partial charge in [-0.3, -0.25) is 9.69 Å². The summed E-state index contributed by atoms with van der Waals surface area (Å²) >= 11 is 0. The molecule has 2 unspecified atom stereocenters. The monoisotopic (exact) mass is 392 g/mol. The second kappa shape index (κ2) is 7.91. The van der Waals surface area contributed by atoms with Crippen LogP contribution in [0.4, 0.5) is 0 Å². The van der Waals surface area contributed by atoms with Crippen molar-refractivity contribution in [2.45, 2.75) is 64.8 Å². The lowest BCUT2D eigenvalue weighted by Gasteiger charge is -2.45. The van der Waals surface area contributed by atoms with E-state index in [1.165, 1.54) is 30.4 Å². The molecule has 3 aliphatic rings. The van der Waals surface area contributed by atoms with Gasteiger partial charge in [0.25, 0.3) is 0 Å². The Morgan fingerprint density at radius 1 is 1.21 bits per heavy atom. The summed E-state index contributed by atoms with van der Waals surface area (Å²) in [7, 11) is 0. The third kappa shape index (κ3) is 3.59. The Morgan fingerprint density at radius 2 is 1.97 bits per heavy atom. The number of piperidine rings is 1. The number of allylic oxidation sites excluding steroid dienone is 3. The van der Waals surface area contributed by atoms with Crippen LogP contribution in [0, 0.1) is 12.3 Å². The molecule has 0 bridgehead atoms. The Bertz CT molecular complexity index is 879. The number of aryl methyl sites for hydroxylation is 1. The molecule has 2 atom stereocenters. The van der Waals surface area contributed by atoms with Crippen LogP contribution in [0.2, 0.25) is 0 Å². The smallest absolute Gasteiger partial charge is 0.179 e. The van der Waals surface area contributed by atoms with Crippen molar-refractivity contribution in [2.24, 2.45) is 10.6 Å². The molecule has 0 spiro atoms. The van der Waals surface area contributed by atoms with Crippen molar-refractivity contribution in [1.29, 1.82) is 0 Å². The van der Waals surface area contributed by atoms with E-state index in [0.717, 1.165) is 37.3 Å². The average Bonchev–Trinajstić information content (AvgIpc) is 3.14. The molecule has 0 N–H and O–H groups in total. The summed E-state index contributed by atoms with van der Waals surface area (Å²) in [5.41, 5.74) is 2.64. The highest BCUT2D eigenvalue weighted by Gasteiger charge is 2.47. The molecule has 1 aromatic carbocycles. The first-order valence-electron chi connectivity index (χ1n) is 11.0. The number of oxime groups is 1. The third-order valence-corrected chi connectivity index (χ3v) is 7.05. The largest absolute Gasteiger partial charge is 0.361 e. The zero-order valence-electron chi connectivity index (χ0n) is 17.9. The second-order valence-electron chi connectivity index (χ2n) is 9.01. The van der Waals surface area contributed by atoms with Crippen molar-refractivity contribution in [3.8, 4) is 0 Å². The molecule has 4 heteroatoms. The normalized spacial score (nSPS) is 26.2. The fourth-order valence-electron chi connectivity index (χ4n) is 5.10. The van der Waals surface area contributed by atoms with E-state index in [2.05, 4.69) is 55.1 Å². The topological polar surface area (TPSA) is 41.9 Å². The maximum Gasteiger partial charge on any atom is 0.179 e. The summed E-state index contributed by atoms with van der Waals surface area (Å²) < 4.78 is 0. The number of carbonyl (C=O) groups excluding carboxylic acids is 1. The molecule has 1 saturated heterocycles. The summed E-state index contributed by atoms with van der Waals surface area (Å²) in [5.74, 6) is 1.12. The van der Waals surface area contributed by atoms with E-state index in [1.54, 1.807) is 0 Å². The van der Waals surface area contributed by atoms with Crippen molar-refractivity contribution >= 4 is 12.0 Å². The van der Waals surface area contributed by atoms with E-state index < -0.39 is 5.54 Å². The maximum atomic E-state index is 14.2. The minimum absolute atomic E-state index is 0.280. The van der Waals surface area contributed by atoms with Crippen molar-refractivity contribution < 1.29 is 9.63 Å². The van der Waals surface area contributed by atoms with E-state index in [1.807, 2.05) is 18.4 Å². The van der Waals surface area contributed by atoms with Gasteiger partial charge in [-0.2, -0.15) is 0 Å². The Hall–Kier alpha value is -2.20. The second-order valence-corrected chi connectivity index (χ2v) is 9.01. The Kier molecular flexibility index (Phi) is 5.48. The molecular weight excluding hydrogens is 360 g/mol. The first-order chi connectivity index (χ1) is 14.0. The van der Waals surface area contributed by atoms with Crippen LogP contribution in [0.25, 0.3) is 0 Å². The Labute approximate surface area is 174 Å². The van der Waals surface area contributed by atoms with Crippen LogP contribution in [0.1, 0.15) is 57.1 Å². The highest BCUT2D eigenvalue weighted by molar-refractivity contribution is 6.04. The fraction of sp³-hybridized carbons (Fsp3) is 0.520. The molecule has 4 rings (SSSR count). The number of hydrogen-bond donors (Lipinski definition) is 0. The van der Waals surface area contributed by atoms with Crippen molar-refractivity contribution in [3.05, 3.63) is 58.9 Å². The molecule has 29 heavy (non-hydrogen) atoms. The van der Waals surface area contributed by atoms with Gasteiger partial charge in [-0.1, -0.05) is 48.8 Å². The predicted octanol–water partition coefficient (Wildman–Crippen LogP) is 4.98. The van der Waals surface area contributed by atoms with Gasteiger partial charge in [0.05, 0.1) is 17.2 Å². The van der Waals surface area contributed by atoms with Crippen LogP contribution in [0.3, 0.4) is 0 Å². The fourth-order valence-corrected chi connectivity index (χ4v) is 5.10. The molecule has 2 heterocycles. The van der Waals surface area contributed by atoms with E-state index in [0.29, 0.717) is 6.42 Å². The number of ketones is 1. The number of Topliss-reactive ketones (excluding diaryl/α,β-unsaturated/α-hetero) is 1. The van der Waals surface area contributed by atoms with Gasteiger partial charge in [-0.05, 0) is 81.8 Å². The summed E-state index contributed by atoms with van der Waals surface area (Å²) in [6.07, 6.45) is 11.6. The standard InChI is InChI=1S/C25H32N2O2/c1-4-25(27-14-8-5-9-15-27,17-20-11-7-6-10-19(20)2)23(28)21-12-13-22-24(3,16-21)18-26-29-22/h6-7,10-13,18H,4-5,8-9,14-17H2,1-3H3. The minimum Gasteiger partial charge on any atom is -0.361 e. The summed E-state index contributed by atoms with van der Waals surface area (Å²) in [4.78, 5) is 22.0. The van der Waals surface area contributed by atoms with Crippen LogP contribution < -0.4 is 0 Å². The van der Waals surface area contributed by atoms with Gasteiger partial charge in [-0.25, -0.2) is 0 Å². The highest BCUT2D eigenvalue weighted by Crippen LogP contribution is 2.43. The lowest BCUT2D eigenvalue weighted by Crippen LogP contribution is -2.58. The first kappa shape index (κ1) is 20.1. The van der Waals surface area contributed by atoms with E-state index >= 15 is 0 Å². The number of likely N-dealkylation sites (tertiary alicyclic amines) is 1. The van der Waals surface area contributed by atoms with Gasteiger partial charge < -0.3 is 4.84 Å². The molecule has 1 aromatic rings. The number of rotatable bonds is 6. The van der Waals surface area contributed by atoms with Gasteiger partial charge in [0, 0.05) is 0 Å². The predicted molar refractivity (Wildman–Crippen MR) is 117 cm³/mol. The van der Waals surface area contributed by atoms with E-state index in [9.17, 15) is 4.79 Å². The molecule has 1 fully saturated rings. The molecule has 154 valence electrons. The molecule has 0 aromatic heterocycles. The number of carbonyl (C=O) groups is 1. The quantitative estimate of drug-likeness (QED) is 0.686. The number of nitrogens with zero attached hydrogens (tertiary/aromatic N) is 2. The SMILES string of the molecule is CCC(Cc1ccccc1C)(C(=O)C1=CC=C2ON=CC2(C)C1)N1CCCCC1. The van der Waals surface area contributed by atoms with Gasteiger partial charge in [-0.15, -0.1) is 0 Å². The van der Waals surface area contributed by atoms with Crippen LogP contribution in [0.15, 0.2) is 52.9 Å². The number of benzene rings is 1.